The minimum Gasteiger partial charge on any atom is -0.494 e. The molecule has 0 spiro atoms. The molecule has 122 valence electrons. The number of hydrogen-bond acceptors (Lipinski definition) is 6. The van der Waals surface area contributed by atoms with Crippen LogP contribution in [0.2, 0.25) is 0 Å². The standard InChI is InChI=1S/C16H14N4O4/c1-9-5-13(21)19(15(23)11(9)7-17)3-4-20-14(22)6-10(2)12(8-18)16(20)24/h5-6,21-22H,3-4H2,1-2H3. The van der Waals surface area contributed by atoms with E-state index >= 15 is 0 Å². The summed E-state index contributed by atoms with van der Waals surface area (Å²) in [6.07, 6.45) is 0. The summed E-state index contributed by atoms with van der Waals surface area (Å²) in [4.78, 5) is 24.4. The lowest BCUT2D eigenvalue weighted by molar-refractivity contribution is 0.369. The van der Waals surface area contributed by atoms with Crippen molar-refractivity contribution < 1.29 is 10.2 Å². The van der Waals surface area contributed by atoms with E-state index in [9.17, 15) is 19.8 Å². The Hall–Kier alpha value is -3.52. The highest BCUT2D eigenvalue weighted by atomic mass is 16.3. The molecule has 2 aromatic rings. The number of rotatable bonds is 3. The average molecular weight is 326 g/mol. The van der Waals surface area contributed by atoms with Crippen LogP contribution in [0.4, 0.5) is 0 Å². The van der Waals surface area contributed by atoms with Crippen molar-refractivity contribution >= 4 is 0 Å². The molecule has 0 radical (unpaired) electrons. The Labute approximate surface area is 136 Å². The highest BCUT2D eigenvalue weighted by Crippen LogP contribution is 2.14. The maximum atomic E-state index is 12.2. The molecule has 0 aliphatic carbocycles. The van der Waals surface area contributed by atoms with Crippen LogP contribution >= 0.6 is 0 Å². The van der Waals surface area contributed by atoms with Gasteiger partial charge in [-0.3, -0.25) is 18.7 Å². The highest BCUT2D eigenvalue weighted by Gasteiger charge is 2.15. The van der Waals surface area contributed by atoms with Gasteiger partial charge in [0.2, 0.25) is 0 Å². The van der Waals surface area contributed by atoms with E-state index in [1.165, 1.54) is 26.0 Å². The predicted molar refractivity (Wildman–Crippen MR) is 83.6 cm³/mol. The van der Waals surface area contributed by atoms with Crippen LogP contribution in [0.5, 0.6) is 11.8 Å². The molecule has 0 aliphatic rings. The molecular weight excluding hydrogens is 312 g/mol. The maximum absolute atomic E-state index is 12.2. The largest absolute Gasteiger partial charge is 0.494 e. The fourth-order valence-electron chi connectivity index (χ4n) is 2.41. The van der Waals surface area contributed by atoms with Gasteiger partial charge >= 0.3 is 0 Å². The third-order valence-electron chi connectivity index (χ3n) is 3.72. The van der Waals surface area contributed by atoms with Gasteiger partial charge in [-0.15, -0.1) is 0 Å². The molecule has 0 atom stereocenters. The van der Waals surface area contributed by atoms with Crippen LogP contribution < -0.4 is 11.1 Å². The van der Waals surface area contributed by atoms with Crippen LogP contribution in [-0.4, -0.2) is 19.3 Å². The zero-order valence-electron chi connectivity index (χ0n) is 13.1. The van der Waals surface area contributed by atoms with E-state index in [0.717, 1.165) is 9.13 Å². The van der Waals surface area contributed by atoms with Crippen molar-refractivity contribution in [2.24, 2.45) is 0 Å². The molecule has 0 aliphatic heterocycles. The van der Waals surface area contributed by atoms with Crippen LogP contribution in [0.1, 0.15) is 22.3 Å². The normalized spacial score (nSPS) is 10.2. The topological polar surface area (TPSA) is 132 Å². The van der Waals surface area contributed by atoms with Crippen molar-refractivity contribution in [2.45, 2.75) is 26.9 Å². The summed E-state index contributed by atoms with van der Waals surface area (Å²) in [6, 6.07) is 6.10. The first-order valence-electron chi connectivity index (χ1n) is 6.98. The molecule has 2 rings (SSSR count). The SMILES string of the molecule is Cc1cc(O)n(CCn2c(O)cc(C)c(C#N)c2=O)c(=O)c1C#N. The number of nitriles is 2. The fraction of sp³-hybridized carbons (Fsp3) is 0.250. The second kappa shape index (κ2) is 6.31. The Bertz CT molecular complexity index is 935. The summed E-state index contributed by atoms with van der Waals surface area (Å²) in [5, 5.41) is 37.8. The number of nitrogens with zero attached hydrogens (tertiary/aromatic N) is 4. The lowest BCUT2D eigenvalue weighted by atomic mass is 10.1. The average Bonchev–Trinajstić information content (AvgIpc) is 2.50. The summed E-state index contributed by atoms with van der Waals surface area (Å²) in [6.45, 7) is 2.75. The van der Waals surface area contributed by atoms with Gasteiger partial charge in [-0.05, 0) is 25.0 Å². The van der Waals surface area contributed by atoms with Gasteiger partial charge in [0.1, 0.15) is 23.3 Å². The van der Waals surface area contributed by atoms with Crippen molar-refractivity contribution in [1.82, 2.24) is 9.13 Å². The van der Waals surface area contributed by atoms with Crippen LogP contribution in [0.3, 0.4) is 0 Å². The van der Waals surface area contributed by atoms with Gasteiger partial charge in [0.25, 0.3) is 11.1 Å². The minimum absolute atomic E-state index is 0.106. The van der Waals surface area contributed by atoms with Gasteiger partial charge in [0.05, 0.1) is 0 Å². The van der Waals surface area contributed by atoms with Crippen LogP contribution in [0.25, 0.3) is 0 Å². The fourth-order valence-corrected chi connectivity index (χ4v) is 2.41. The lowest BCUT2D eigenvalue weighted by Gasteiger charge is -2.13. The first-order valence-corrected chi connectivity index (χ1v) is 6.98. The van der Waals surface area contributed by atoms with E-state index in [0.29, 0.717) is 11.1 Å². The van der Waals surface area contributed by atoms with Crippen LogP contribution in [0.15, 0.2) is 21.7 Å². The second-order valence-electron chi connectivity index (χ2n) is 5.26. The van der Waals surface area contributed by atoms with Gasteiger partial charge < -0.3 is 10.2 Å². The van der Waals surface area contributed by atoms with Gasteiger partial charge in [0, 0.05) is 25.2 Å². The van der Waals surface area contributed by atoms with Crippen LogP contribution in [-0.2, 0) is 13.1 Å². The van der Waals surface area contributed by atoms with Crippen molar-refractivity contribution in [2.75, 3.05) is 0 Å². The molecular formula is C16H14N4O4. The number of pyridine rings is 2. The molecule has 0 fully saturated rings. The predicted octanol–water partition coefficient (Wildman–Crippen LogP) is 0.482. The van der Waals surface area contributed by atoms with Crippen molar-refractivity contribution in [3.8, 4) is 23.9 Å². The molecule has 2 N–H and O–H groups in total. The number of aryl methyl sites for hydroxylation is 2. The summed E-state index contributed by atoms with van der Waals surface area (Å²) in [7, 11) is 0. The quantitative estimate of drug-likeness (QED) is 0.843. The molecule has 0 unspecified atom stereocenters. The molecule has 2 heterocycles. The zero-order valence-corrected chi connectivity index (χ0v) is 13.1. The monoisotopic (exact) mass is 326 g/mol. The number of aromatic hydroxyl groups is 2. The zero-order chi connectivity index (χ0) is 18.0. The van der Waals surface area contributed by atoms with Gasteiger partial charge in [-0.25, -0.2) is 0 Å². The summed E-state index contributed by atoms with van der Waals surface area (Å²) in [5.74, 6) is -0.701. The Morgan fingerprint density at radius 2 is 1.21 bits per heavy atom. The summed E-state index contributed by atoms with van der Waals surface area (Å²) >= 11 is 0. The number of aromatic nitrogens is 2. The van der Waals surface area contributed by atoms with E-state index in [1.54, 1.807) is 12.1 Å². The minimum atomic E-state index is -0.685. The third kappa shape index (κ3) is 2.73. The van der Waals surface area contributed by atoms with E-state index in [2.05, 4.69) is 0 Å². The smallest absolute Gasteiger partial charge is 0.271 e. The number of hydrogen-bond donors (Lipinski definition) is 2. The Balaban J connectivity index is 2.48. The van der Waals surface area contributed by atoms with Crippen molar-refractivity contribution in [3.63, 3.8) is 0 Å². The Morgan fingerprint density at radius 1 is 0.875 bits per heavy atom. The van der Waals surface area contributed by atoms with E-state index in [-0.39, 0.29) is 36.0 Å². The van der Waals surface area contributed by atoms with Crippen molar-refractivity contribution in [3.05, 3.63) is 55.1 Å². The van der Waals surface area contributed by atoms with E-state index in [4.69, 9.17) is 10.5 Å². The molecule has 8 heteroatoms. The van der Waals surface area contributed by atoms with Gasteiger partial charge in [-0.2, -0.15) is 10.5 Å². The first kappa shape index (κ1) is 16.8. The molecule has 0 aromatic carbocycles. The summed E-state index contributed by atoms with van der Waals surface area (Å²) in [5.41, 5.74) is -0.890. The molecule has 0 amide bonds. The van der Waals surface area contributed by atoms with E-state index < -0.39 is 11.1 Å². The maximum Gasteiger partial charge on any atom is 0.271 e. The molecule has 8 nitrogen and oxygen atoms in total. The highest BCUT2D eigenvalue weighted by molar-refractivity contribution is 5.38. The van der Waals surface area contributed by atoms with Gasteiger partial charge in [0.15, 0.2) is 11.8 Å². The van der Waals surface area contributed by atoms with E-state index in [1.807, 2.05) is 0 Å². The second-order valence-corrected chi connectivity index (χ2v) is 5.26. The Kier molecular flexibility index (Phi) is 4.43. The Morgan fingerprint density at radius 3 is 1.50 bits per heavy atom. The third-order valence-corrected chi connectivity index (χ3v) is 3.72. The molecule has 2 aromatic heterocycles. The van der Waals surface area contributed by atoms with Crippen LogP contribution in [0, 0.1) is 36.5 Å². The lowest BCUT2D eigenvalue weighted by Crippen LogP contribution is -2.29. The molecule has 0 bridgehead atoms. The van der Waals surface area contributed by atoms with Crippen molar-refractivity contribution in [1.29, 1.82) is 10.5 Å². The molecule has 24 heavy (non-hydrogen) atoms. The summed E-state index contributed by atoms with van der Waals surface area (Å²) < 4.78 is 1.87. The molecule has 0 saturated carbocycles. The van der Waals surface area contributed by atoms with Gasteiger partial charge in [-0.1, -0.05) is 0 Å². The first-order chi connectivity index (χ1) is 11.3. The molecule has 0 saturated heterocycles.